The van der Waals surface area contributed by atoms with Crippen LogP contribution in [0.25, 0.3) is 0 Å². The lowest BCUT2D eigenvalue weighted by Gasteiger charge is -2.07. The summed E-state index contributed by atoms with van der Waals surface area (Å²) in [5, 5.41) is 5.23. The van der Waals surface area contributed by atoms with Gasteiger partial charge in [-0.3, -0.25) is 9.59 Å². The molecule has 1 aromatic rings. The van der Waals surface area contributed by atoms with Crippen LogP contribution in [0.1, 0.15) is 12.5 Å². The van der Waals surface area contributed by atoms with Crippen LogP contribution < -0.4 is 15.4 Å². The molecule has 0 atom stereocenters. The smallest absolute Gasteiger partial charge is 0.258 e. The van der Waals surface area contributed by atoms with E-state index in [9.17, 15) is 9.59 Å². The summed E-state index contributed by atoms with van der Waals surface area (Å²) in [6.07, 6.45) is 0. The number of aryl methyl sites for hydroxylation is 1. The van der Waals surface area contributed by atoms with Crippen molar-refractivity contribution in [3.8, 4) is 5.75 Å². The highest BCUT2D eigenvalue weighted by Gasteiger charge is 2.01. The van der Waals surface area contributed by atoms with Crippen molar-refractivity contribution in [1.82, 2.24) is 10.6 Å². The van der Waals surface area contributed by atoms with E-state index in [4.69, 9.17) is 4.74 Å². The molecule has 5 heteroatoms. The zero-order valence-electron chi connectivity index (χ0n) is 10.7. The molecule has 0 aliphatic rings. The van der Waals surface area contributed by atoms with Gasteiger partial charge in [-0.25, -0.2) is 0 Å². The number of amides is 2. The minimum Gasteiger partial charge on any atom is -0.484 e. The number of nitrogens with one attached hydrogen (secondary N) is 2. The fraction of sp³-hybridized carbons (Fsp3) is 0.385. The van der Waals surface area contributed by atoms with Crippen molar-refractivity contribution in [2.75, 3.05) is 19.7 Å². The summed E-state index contributed by atoms with van der Waals surface area (Å²) in [6.45, 7) is 4.21. The summed E-state index contributed by atoms with van der Waals surface area (Å²) in [6, 6.07) is 7.48. The largest absolute Gasteiger partial charge is 0.484 e. The maximum Gasteiger partial charge on any atom is 0.258 e. The van der Waals surface area contributed by atoms with E-state index < -0.39 is 0 Å². The van der Waals surface area contributed by atoms with Crippen LogP contribution in [-0.4, -0.2) is 31.5 Å². The summed E-state index contributed by atoms with van der Waals surface area (Å²) in [7, 11) is 0. The third kappa shape index (κ3) is 5.89. The number of hydrogen-bond acceptors (Lipinski definition) is 3. The number of carbonyl (C=O) groups excluding carboxylic acids is 2. The highest BCUT2D eigenvalue weighted by atomic mass is 16.5. The van der Waals surface area contributed by atoms with E-state index in [1.165, 1.54) is 6.92 Å². The van der Waals surface area contributed by atoms with E-state index in [0.29, 0.717) is 18.8 Å². The summed E-state index contributed by atoms with van der Waals surface area (Å²) in [4.78, 5) is 22.0. The number of ether oxygens (including phenoxy) is 1. The lowest BCUT2D eigenvalue weighted by molar-refractivity contribution is -0.123. The van der Waals surface area contributed by atoms with Gasteiger partial charge in [-0.15, -0.1) is 0 Å². The normalized spacial score (nSPS) is 9.67. The van der Waals surface area contributed by atoms with Crippen LogP contribution >= 0.6 is 0 Å². The van der Waals surface area contributed by atoms with Crippen LogP contribution in [-0.2, 0) is 9.59 Å². The lowest BCUT2D eigenvalue weighted by atomic mass is 10.2. The average Bonchev–Trinajstić information content (AvgIpc) is 2.34. The van der Waals surface area contributed by atoms with Gasteiger partial charge in [0.15, 0.2) is 6.61 Å². The number of hydrogen-bond donors (Lipinski definition) is 2. The molecule has 0 heterocycles. The second kappa shape index (κ2) is 7.32. The van der Waals surface area contributed by atoms with Gasteiger partial charge >= 0.3 is 0 Å². The highest BCUT2D eigenvalue weighted by Crippen LogP contribution is 2.10. The van der Waals surface area contributed by atoms with E-state index in [1.807, 2.05) is 31.2 Å². The van der Waals surface area contributed by atoms with Gasteiger partial charge in [0, 0.05) is 20.0 Å². The van der Waals surface area contributed by atoms with Gasteiger partial charge in [-0.2, -0.15) is 0 Å². The Morgan fingerprint density at radius 1 is 1.11 bits per heavy atom. The number of benzene rings is 1. The fourth-order valence-electron chi connectivity index (χ4n) is 1.27. The van der Waals surface area contributed by atoms with Crippen LogP contribution in [0.5, 0.6) is 5.75 Å². The Morgan fingerprint density at radius 2 is 1.72 bits per heavy atom. The van der Waals surface area contributed by atoms with Crippen molar-refractivity contribution in [3.63, 3.8) is 0 Å². The lowest BCUT2D eigenvalue weighted by Crippen LogP contribution is -2.36. The van der Waals surface area contributed by atoms with Crippen molar-refractivity contribution in [2.24, 2.45) is 0 Å². The molecule has 0 radical (unpaired) electrons. The van der Waals surface area contributed by atoms with Crippen LogP contribution in [0.3, 0.4) is 0 Å². The Balaban J connectivity index is 2.17. The molecule has 2 amide bonds. The Kier molecular flexibility index (Phi) is 5.70. The molecule has 0 aromatic heterocycles. The van der Waals surface area contributed by atoms with E-state index in [1.54, 1.807) is 0 Å². The third-order valence-electron chi connectivity index (χ3n) is 2.21. The van der Waals surface area contributed by atoms with Gasteiger partial charge in [0.1, 0.15) is 5.75 Å². The molecule has 98 valence electrons. The maximum absolute atomic E-state index is 11.4. The molecule has 0 spiro atoms. The standard InChI is InChI=1S/C13H18N2O3/c1-10-3-5-12(6-4-10)18-9-13(17)15-8-7-14-11(2)16/h3-6H,7-9H2,1-2H3,(H,14,16)(H,15,17). The molecular formula is C13H18N2O3. The van der Waals surface area contributed by atoms with Crippen molar-refractivity contribution < 1.29 is 14.3 Å². The molecular weight excluding hydrogens is 232 g/mol. The first-order chi connectivity index (χ1) is 8.58. The quantitative estimate of drug-likeness (QED) is 0.728. The molecule has 0 fully saturated rings. The Labute approximate surface area is 107 Å². The molecule has 0 unspecified atom stereocenters. The maximum atomic E-state index is 11.4. The fourth-order valence-corrected chi connectivity index (χ4v) is 1.27. The van der Waals surface area contributed by atoms with Crippen LogP contribution in [0.2, 0.25) is 0 Å². The van der Waals surface area contributed by atoms with Crippen molar-refractivity contribution in [3.05, 3.63) is 29.8 Å². The highest BCUT2D eigenvalue weighted by molar-refractivity contribution is 5.77. The zero-order valence-corrected chi connectivity index (χ0v) is 10.7. The summed E-state index contributed by atoms with van der Waals surface area (Å²) < 4.78 is 5.30. The predicted octanol–water partition coefficient (Wildman–Crippen LogP) is 0.626. The van der Waals surface area contributed by atoms with Gasteiger partial charge in [0.25, 0.3) is 5.91 Å². The second-order valence-electron chi connectivity index (χ2n) is 3.93. The van der Waals surface area contributed by atoms with Crippen LogP contribution in [0, 0.1) is 6.92 Å². The summed E-state index contributed by atoms with van der Waals surface area (Å²) in [5.74, 6) is 0.346. The van der Waals surface area contributed by atoms with Crippen LogP contribution in [0.15, 0.2) is 24.3 Å². The summed E-state index contributed by atoms with van der Waals surface area (Å²) in [5.41, 5.74) is 1.14. The molecule has 0 saturated carbocycles. The topological polar surface area (TPSA) is 67.4 Å². The van der Waals surface area contributed by atoms with Gasteiger partial charge in [-0.1, -0.05) is 17.7 Å². The van der Waals surface area contributed by atoms with Gasteiger partial charge in [-0.05, 0) is 19.1 Å². The van der Waals surface area contributed by atoms with E-state index in [2.05, 4.69) is 10.6 Å². The Morgan fingerprint density at radius 3 is 2.33 bits per heavy atom. The first-order valence-corrected chi connectivity index (χ1v) is 5.78. The van der Waals surface area contributed by atoms with E-state index in [0.717, 1.165) is 5.56 Å². The first kappa shape index (κ1) is 14.0. The van der Waals surface area contributed by atoms with Gasteiger partial charge in [0.2, 0.25) is 5.91 Å². The molecule has 5 nitrogen and oxygen atoms in total. The minimum atomic E-state index is -0.207. The molecule has 2 N–H and O–H groups in total. The average molecular weight is 250 g/mol. The monoisotopic (exact) mass is 250 g/mol. The van der Waals surface area contributed by atoms with E-state index in [-0.39, 0.29) is 18.4 Å². The van der Waals surface area contributed by atoms with E-state index >= 15 is 0 Å². The number of carbonyl (C=O) groups is 2. The van der Waals surface area contributed by atoms with Crippen molar-refractivity contribution in [1.29, 1.82) is 0 Å². The number of rotatable bonds is 6. The zero-order chi connectivity index (χ0) is 13.4. The molecule has 1 aromatic carbocycles. The second-order valence-corrected chi connectivity index (χ2v) is 3.93. The molecule has 0 aliphatic heterocycles. The molecule has 0 aliphatic carbocycles. The third-order valence-corrected chi connectivity index (χ3v) is 2.21. The minimum absolute atomic E-state index is 0.0247. The molecule has 18 heavy (non-hydrogen) atoms. The van der Waals surface area contributed by atoms with Gasteiger partial charge < -0.3 is 15.4 Å². The SMILES string of the molecule is CC(=O)NCCNC(=O)COc1ccc(C)cc1. The first-order valence-electron chi connectivity index (χ1n) is 5.78. The van der Waals surface area contributed by atoms with Crippen molar-refractivity contribution >= 4 is 11.8 Å². The Bertz CT molecular complexity index is 401. The molecule has 0 bridgehead atoms. The molecule has 0 saturated heterocycles. The Hall–Kier alpha value is -2.04. The summed E-state index contributed by atoms with van der Waals surface area (Å²) >= 11 is 0. The predicted molar refractivity (Wildman–Crippen MR) is 68.4 cm³/mol. The van der Waals surface area contributed by atoms with Crippen molar-refractivity contribution in [2.45, 2.75) is 13.8 Å². The molecule has 1 rings (SSSR count). The van der Waals surface area contributed by atoms with Crippen LogP contribution in [0.4, 0.5) is 0 Å². The van der Waals surface area contributed by atoms with Gasteiger partial charge in [0.05, 0.1) is 0 Å².